The fraction of sp³-hybridized carbons (Fsp3) is 0.857. The molecule has 2 unspecified atom stereocenters. The van der Waals surface area contributed by atoms with E-state index in [4.69, 9.17) is 0 Å². The highest BCUT2D eigenvalue weighted by Gasteiger charge is 2.41. The highest BCUT2D eigenvalue weighted by molar-refractivity contribution is 5.01. The molecule has 5 heteroatoms. The molecule has 1 aliphatic carbocycles. The van der Waals surface area contributed by atoms with Gasteiger partial charge in [-0.2, -0.15) is 5.10 Å². The van der Waals surface area contributed by atoms with E-state index in [1.54, 1.807) is 6.33 Å². The molecule has 5 nitrogen and oxygen atoms in total. The number of rotatable bonds is 4. The lowest BCUT2D eigenvalue weighted by atomic mass is 9.91. The molecule has 2 atom stereocenters. The first-order valence-electron chi connectivity index (χ1n) is 7.43. The van der Waals surface area contributed by atoms with Gasteiger partial charge in [-0.25, -0.2) is 4.98 Å². The molecular formula is C14H25N5. The van der Waals surface area contributed by atoms with Crippen LogP contribution in [0.3, 0.4) is 0 Å². The van der Waals surface area contributed by atoms with Gasteiger partial charge in [-0.3, -0.25) is 9.58 Å². The molecule has 0 bridgehead atoms. The van der Waals surface area contributed by atoms with Crippen LogP contribution in [-0.2, 0) is 13.6 Å². The molecule has 1 N–H and O–H groups in total. The fourth-order valence-corrected chi connectivity index (χ4v) is 3.04. The number of nitrogens with zero attached hydrogens (tertiary/aromatic N) is 4. The summed E-state index contributed by atoms with van der Waals surface area (Å²) in [5.41, 5.74) is 0.233. The van der Waals surface area contributed by atoms with E-state index < -0.39 is 0 Å². The highest BCUT2D eigenvalue weighted by Crippen LogP contribution is 2.36. The minimum Gasteiger partial charge on any atom is -0.311 e. The smallest absolute Gasteiger partial charge is 0.140 e. The normalized spacial score (nSPS) is 32.7. The molecule has 2 heterocycles. The fourth-order valence-electron chi connectivity index (χ4n) is 3.04. The van der Waals surface area contributed by atoms with Crippen molar-refractivity contribution < 1.29 is 0 Å². The first kappa shape index (κ1) is 13.1. The Morgan fingerprint density at radius 2 is 2.26 bits per heavy atom. The molecule has 0 radical (unpaired) electrons. The van der Waals surface area contributed by atoms with E-state index in [0.717, 1.165) is 37.8 Å². The minimum absolute atomic E-state index is 0.233. The van der Waals surface area contributed by atoms with E-state index in [1.165, 1.54) is 12.8 Å². The molecule has 0 aromatic carbocycles. The van der Waals surface area contributed by atoms with Crippen LogP contribution in [0.1, 0.15) is 38.9 Å². The third-order valence-corrected chi connectivity index (χ3v) is 5.02. The Hall–Kier alpha value is -0.940. The zero-order valence-corrected chi connectivity index (χ0v) is 12.3. The van der Waals surface area contributed by atoms with Gasteiger partial charge in [-0.05, 0) is 32.1 Å². The molecule has 3 rings (SSSR count). The van der Waals surface area contributed by atoms with E-state index in [2.05, 4.69) is 34.1 Å². The van der Waals surface area contributed by atoms with Crippen molar-refractivity contribution >= 4 is 0 Å². The lowest BCUT2D eigenvalue weighted by Gasteiger charge is -2.48. The van der Waals surface area contributed by atoms with Crippen LogP contribution in [0.15, 0.2) is 6.33 Å². The van der Waals surface area contributed by atoms with Crippen molar-refractivity contribution in [2.75, 3.05) is 13.1 Å². The Kier molecular flexibility index (Phi) is 3.35. The zero-order chi connectivity index (χ0) is 13.5. The van der Waals surface area contributed by atoms with Crippen molar-refractivity contribution in [2.45, 2.75) is 51.2 Å². The molecule has 2 aliphatic rings. The van der Waals surface area contributed by atoms with Gasteiger partial charge < -0.3 is 5.32 Å². The molecule has 0 amide bonds. The van der Waals surface area contributed by atoms with E-state index in [-0.39, 0.29) is 5.54 Å². The summed E-state index contributed by atoms with van der Waals surface area (Å²) in [5, 5.41) is 7.95. The second kappa shape index (κ2) is 4.87. The Morgan fingerprint density at radius 3 is 2.84 bits per heavy atom. The van der Waals surface area contributed by atoms with Crippen molar-refractivity contribution in [3.05, 3.63) is 12.2 Å². The SMILES string of the molecule is CCC1(C)CNC(C2CC2)CN1Cc1ncnn1C. The van der Waals surface area contributed by atoms with Gasteiger partial charge in [0.15, 0.2) is 0 Å². The van der Waals surface area contributed by atoms with Gasteiger partial charge in [0.1, 0.15) is 12.2 Å². The number of aryl methyl sites for hydroxylation is 1. The summed E-state index contributed by atoms with van der Waals surface area (Å²) >= 11 is 0. The summed E-state index contributed by atoms with van der Waals surface area (Å²) < 4.78 is 1.89. The molecule has 19 heavy (non-hydrogen) atoms. The van der Waals surface area contributed by atoms with Crippen molar-refractivity contribution in [3.63, 3.8) is 0 Å². The largest absolute Gasteiger partial charge is 0.311 e. The number of aromatic nitrogens is 3. The van der Waals surface area contributed by atoms with Crippen LogP contribution >= 0.6 is 0 Å². The third-order valence-electron chi connectivity index (χ3n) is 5.02. The predicted molar refractivity (Wildman–Crippen MR) is 74.6 cm³/mol. The Bertz CT molecular complexity index is 439. The van der Waals surface area contributed by atoms with Crippen LogP contribution in [0.25, 0.3) is 0 Å². The van der Waals surface area contributed by atoms with Gasteiger partial charge in [0.25, 0.3) is 0 Å². The highest BCUT2D eigenvalue weighted by atomic mass is 15.4. The van der Waals surface area contributed by atoms with Crippen LogP contribution in [0.2, 0.25) is 0 Å². The summed E-state index contributed by atoms with van der Waals surface area (Å²) in [6.07, 6.45) is 5.62. The maximum Gasteiger partial charge on any atom is 0.140 e. The van der Waals surface area contributed by atoms with Crippen molar-refractivity contribution in [2.24, 2.45) is 13.0 Å². The molecule has 1 aromatic rings. The van der Waals surface area contributed by atoms with Crippen LogP contribution in [0.5, 0.6) is 0 Å². The van der Waals surface area contributed by atoms with Gasteiger partial charge in [-0.15, -0.1) is 0 Å². The molecule has 1 saturated heterocycles. The summed E-state index contributed by atoms with van der Waals surface area (Å²) in [6, 6.07) is 0.674. The maximum atomic E-state index is 4.39. The van der Waals surface area contributed by atoms with Gasteiger partial charge in [0, 0.05) is 31.7 Å². The average molecular weight is 263 g/mol. The minimum atomic E-state index is 0.233. The molecule has 0 spiro atoms. The maximum absolute atomic E-state index is 4.39. The summed E-state index contributed by atoms with van der Waals surface area (Å²) in [6.45, 7) is 7.78. The summed E-state index contributed by atoms with van der Waals surface area (Å²) in [7, 11) is 1.98. The quantitative estimate of drug-likeness (QED) is 0.886. The Labute approximate surface area is 115 Å². The van der Waals surface area contributed by atoms with Gasteiger partial charge in [-0.1, -0.05) is 6.92 Å². The zero-order valence-electron chi connectivity index (χ0n) is 12.3. The van der Waals surface area contributed by atoms with Crippen LogP contribution in [0.4, 0.5) is 0 Å². The number of hydrogen-bond donors (Lipinski definition) is 1. The van der Waals surface area contributed by atoms with Crippen molar-refractivity contribution in [3.8, 4) is 0 Å². The summed E-state index contributed by atoms with van der Waals surface area (Å²) in [5.74, 6) is 1.97. The standard InChI is InChI=1S/C14H25N5/c1-4-14(2)9-15-12(11-5-6-11)7-19(14)8-13-16-10-17-18(13)3/h10-12,15H,4-9H2,1-3H3. The average Bonchev–Trinajstić information content (AvgIpc) is 3.18. The van der Waals surface area contributed by atoms with Crippen molar-refractivity contribution in [1.82, 2.24) is 25.0 Å². The van der Waals surface area contributed by atoms with Crippen molar-refractivity contribution in [1.29, 1.82) is 0 Å². The Balaban J connectivity index is 1.75. The van der Waals surface area contributed by atoms with Crippen LogP contribution < -0.4 is 5.32 Å². The lowest BCUT2D eigenvalue weighted by molar-refractivity contribution is 0.0339. The summed E-state index contributed by atoms with van der Waals surface area (Å²) in [4.78, 5) is 6.99. The predicted octanol–water partition coefficient (Wildman–Crippen LogP) is 1.17. The van der Waals surface area contributed by atoms with Gasteiger partial charge in [0.05, 0.1) is 6.54 Å². The number of hydrogen-bond acceptors (Lipinski definition) is 4. The van der Waals surface area contributed by atoms with E-state index in [0.29, 0.717) is 6.04 Å². The van der Waals surface area contributed by atoms with Crippen LogP contribution in [0, 0.1) is 5.92 Å². The van der Waals surface area contributed by atoms with E-state index >= 15 is 0 Å². The van der Waals surface area contributed by atoms with Crippen LogP contribution in [-0.4, -0.2) is 44.3 Å². The van der Waals surface area contributed by atoms with E-state index in [9.17, 15) is 0 Å². The molecule has 106 valence electrons. The monoisotopic (exact) mass is 263 g/mol. The number of piperazine rings is 1. The molecule has 1 aliphatic heterocycles. The second-order valence-electron chi connectivity index (χ2n) is 6.36. The van der Waals surface area contributed by atoms with E-state index in [1.807, 2.05) is 11.7 Å². The first-order chi connectivity index (χ1) is 9.12. The second-order valence-corrected chi connectivity index (χ2v) is 6.36. The molecular weight excluding hydrogens is 238 g/mol. The lowest BCUT2D eigenvalue weighted by Crippen LogP contribution is -2.63. The van der Waals surface area contributed by atoms with Gasteiger partial charge >= 0.3 is 0 Å². The van der Waals surface area contributed by atoms with Gasteiger partial charge in [0.2, 0.25) is 0 Å². The molecule has 1 saturated carbocycles. The first-order valence-corrected chi connectivity index (χ1v) is 7.43. The topological polar surface area (TPSA) is 46.0 Å². The Morgan fingerprint density at radius 1 is 1.47 bits per heavy atom. The molecule has 2 fully saturated rings. The number of nitrogens with one attached hydrogen (secondary N) is 1. The molecule has 1 aromatic heterocycles. The third kappa shape index (κ3) is 2.54.